The summed E-state index contributed by atoms with van der Waals surface area (Å²) in [6.07, 6.45) is 3.34. The van der Waals surface area contributed by atoms with Gasteiger partial charge in [0.25, 0.3) is 0 Å². The second kappa shape index (κ2) is 7.56. The molecule has 5 heteroatoms. The van der Waals surface area contributed by atoms with E-state index in [1.807, 2.05) is 24.3 Å². The van der Waals surface area contributed by atoms with Gasteiger partial charge < -0.3 is 15.5 Å². The predicted octanol–water partition coefficient (Wildman–Crippen LogP) is 2.11. The lowest BCUT2D eigenvalue weighted by Crippen LogP contribution is -2.44. The molecule has 136 valence electrons. The van der Waals surface area contributed by atoms with Gasteiger partial charge in [-0.2, -0.15) is 0 Å². The molecule has 0 saturated carbocycles. The van der Waals surface area contributed by atoms with Crippen molar-refractivity contribution in [2.75, 3.05) is 31.1 Å². The summed E-state index contributed by atoms with van der Waals surface area (Å²) in [5.74, 6) is -0.179. The van der Waals surface area contributed by atoms with Crippen molar-refractivity contribution in [2.45, 2.75) is 39.5 Å². The number of para-hydroxylation sites is 1. The van der Waals surface area contributed by atoms with E-state index in [-0.39, 0.29) is 23.1 Å². The summed E-state index contributed by atoms with van der Waals surface area (Å²) in [6, 6.07) is 7.97. The molecule has 1 unspecified atom stereocenters. The maximum atomic E-state index is 12.6. The normalized spacial score (nSPS) is 22.9. The van der Waals surface area contributed by atoms with Gasteiger partial charge in [0.15, 0.2) is 0 Å². The first-order chi connectivity index (χ1) is 12.0. The van der Waals surface area contributed by atoms with Gasteiger partial charge in [0, 0.05) is 25.2 Å². The molecule has 5 nitrogen and oxygen atoms in total. The van der Waals surface area contributed by atoms with Gasteiger partial charge in [-0.3, -0.25) is 9.59 Å². The lowest BCUT2D eigenvalue weighted by atomic mass is 9.81. The Labute approximate surface area is 150 Å². The van der Waals surface area contributed by atoms with Gasteiger partial charge in [-0.05, 0) is 49.4 Å². The molecule has 3 rings (SSSR count). The van der Waals surface area contributed by atoms with Crippen LogP contribution in [0.15, 0.2) is 24.3 Å². The molecule has 0 spiro atoms. The van der Waals surface area contributed by atoms with Crippen LogP contribution in [0.4, 0.5) is 5.69 Å². The number of hydrogen-bond donors (Lipinski definition) is 2. The Hall–Kier alpha value is -1.88. The van der Waals surface area contributed by atoms with Crippen LogP contribution in [-0.2, 0) is 16.0 Å². The van der Waals surface area contributed by atoms with Crippen LogP contribution in [0.5, 0.6) is 0 Å². The first kappa shape index (κ1) is 17.9. The maximum Gasteiger partial charge on any atom is 0.227 e. The standard InChI is InChI=1S/C20H29N3O2/c1-3-15-6-4-5-7-17(15)23-13-16(12-18(23)24)19(25)22-14-20(2)8-10-21-11-9-20/h4-7,16,21H,3,8-14H2,1-2H3,(H,22,25). The molecule has 2 N–H and O–H groups in total. The summed E-state index contributed by atoms with van der Waals surface area (Å²) in [5, 5.41) is 6.47. The number of rotatable bonds is 5. The van der Waals surface area contributed by atoms with Gasteiger partial charge in [0.2, 0.25) is 11.8 Å². The van der Waals surface area contributed by atoms with Crippen LogP contribution in [0.2, 0.25) is 0 Å². The topological polar surface area (TPSA) is 61.4 Å². The van der Waals surface area contributed by atoms with E-state index in [2.05, 4.69) is 24.5 Å². The summed E-state index contributed by atoms with van der Waals surface area (Å²) < 4.78 is 0. The van der Waals surface area contributed by atoms with E-state index in [1.54, 1.807) is 4.90 Å². The van der Waals surface area contributed by atoms with Crippen molar-refractivity contribution in [3.8, 4) is 0 Å². The molecule has 2 aliphatic rings. The van der Waals surface area contributed by atoms with Crippen LogP contribution in [0.3, 0.4) is 0 Å². The van der Waals surface area contributed by atoms with Crippen LogP contribution in [0.1, 0.15) is 38.7 Å². The Morgan fingerprint density at radius 1 is 1.32 bits per heavy atom. The molecule has 2 amide bonds. The molecule has 1 aromatic carbocycles. The highest BCUT2D eigenvalue weighted by molar-refractivity contribution is 6.00. The zero-order chi connectivity index (χ0) is 17.9. The maximum absolute atomic E-state index is 12.6. The molecular formula is C20H29N3O2. The van der Waals surface area contributed by atoms with Crippen molar-refractivity contribution in [1.29, 1.82) is 0 Å². The van der Waals surface area contributed by atoms with E-state index < -0.39 is 0 Å². The molecule has 0 radical (unpaired) electrons. The zero-order valence-corrected chi connectivity index (χ0v) is 15.3. The van der Waals surface area contributed by atoms with Gasteiger partial charge >= 0.3 is 0 Å². The number of piperidine rings is 1. The van der Waals surface area contributed by atoms with Gasteiger partial charge in [0.05, 0.1) is 5.92 Å². The molecule has 0 aliphatic carbocycles. The minimum absolute atomic E-state index is 0.0181. The molecule has 2 saturated heterocycles. The molecule has 2 heterocycles. The van der Waals surface area contributed by atoms with Crippen molar-refractivity contribution in [3.05, 3.63) is 29.8 Å². The minimum Gasteiger partial charge on any atom is -0.355 e. The van der Waals surface area contributed by atoms with Crippen molar-refractivity contribution >= 4 is 17.5 Å². The number of anilines is 1. The summed E-state index contributed by atoms with van der Waals surface area (Å²) in [5.41, 5.74) is 2.27. The monoisotopic (exact) mass is 343 g/mol. The molecule has 1 atom stereocenters. The molecule has 0 bridgehead atoms. The SMILES string of the molecule is CCc1ccccc1N1CC(C(=O)NCC2(C)CCNCC2)CC1=O. The third-order valence-corrected chi connectivity index (χ3v) is 5.66. The quantitative estimate of drug-likeness (QED) is 0.861. The Bertz CT molecular complexity index is 638. The number of nitrogens with zero attached hydrogens (tertiary/aromatic N) is 1. The average Bonchev–Trinajstić information content (AvgIpc) is 3.02. The van der Waals surface area contributed by atoms with E-state index in [0.29, 0.717) is 19.5 Å². The first-order valence-corrected chi connectivity index (χ1v) is 9.39. The zero-order valence-electron chi connectivity index (χ0n) is 15.3. The number of nitrogens with one attached hydrogen (secondary N) is 2. The predicted molar refractivity (Wildman–Crippen MR) is 99.5 cm³/mol. The lowest BCUT2D eigenvalue weighted by molar-refractivity contribution is -0.126. The minimum atomic E-state index is -0.247. The smallest absolute Gasteiger partial charge is 0.227 e. The fourth-order valence-corrected chi connectivity index (χ4v) is 3.84. The Morgan fingerprint density at radius 3 is 2.76 bits per heavy atom. The third kappa shape index (κ3) is 4.03. The first-order valence-electron chi connectivity index (χ1n) is 9.39. The summed E-state index contributed by atoms with van der Waals surface area (Å²) in [4.78, 5) is 26.9. The Kier molecular flexibility index (Phi) is 5.42. The Morgan fingerprint density at radius 2 is 2.04 bits per heavy atom. The second-order valence-electron chi connectivity index (χ2n) is 7.67. The number of aryl methyl sites for hydroxylation is 1. The summed E-state index contributed by atoms with van der Waals surface area (Å²) in [7, 11) is 0. The van der Waals surface area contributed by atoms with Gasteiger partial charge in [-0.15, -0.1) is 0 Å². The van der Waals surface area contributed by atoms with Crippen LogP contribution < -0.4 is 15.5 Å². The van der Waals surface area contributed by atoms with E-state index in [4.69, 9.17) is 0 Å². The van der Waals surface area contributed by atoms with Gasteiger partial charge in [0.1, 0.15) is 0 Å². The van der Waals surface area contributed by atoms with E-state index in [9.17, 15) is 9.59 Å². The molecule has 0 aromatic heterocycles. The number of benzene rings is 1. The van der Waals surface area contributed by atoms with Gasteiger partial charge in [-0.1, -0.05) is 32.0 Å². The van der Waals surface area contributed by atoms with Crippen molar-refractivity contribution < 1.29 is 9.59 Å². The fraction of sp³-hybridized carbons (Fsp3) is 0.600. The average molecular weight is 343 g/mol. The van der Waals surface area contributed by atoms with Crippen LogP contribution in [-0.4, -0.2) is 38.0 Å². The van der Waals surface area contributed by atoms with E-state index in [1.165, 1.54) is 0 Å². The Balaban J connectivity index is 1.61. The van der Waals surface area contributed by atoms with E-state index >= 15 is 0 Å². The third-order valence-electron chi connectivity index (χ3n) is 5.66. The van der Waals surface area contributed by atoms with Crippen molar-refractivity contribution in [1.82, 2.24) is 10.6 Å². The summed E-state index contributed by atoms with van der Waals surface area (Å²) in [6.45, 7) is 7.52. The highest BCUT2D eigenvalue weighted by atomic mass is 16.2. The van der Waals surface area contributed by atoms with Crippen molar-refractivity contribution in [2.24, 2.45) is 11.3 Å². The van der Waals surface area contributed by atoms with Crippen LogP contribution in [0, 0.1) is 11.3 Å². The van der Waals surface area contributed by atoms with Gasteiger partial charge in [-0.25, -0.2) is 0 Å². The number of amides is 2. The summed E-state index contributed by atoms with van der Waals surface area (Å²) >= 11 is 0. The molecule has 1 aromatic rings. The highest BCUT2D eigenvalue weighted by Gasteiger charge is 2.36. The van der Waals surface area contributed by atoms with Crippen molar-refractivity contribution in [3.63, 3.8) is 0 Å². The number of carbonyl (C=O) groups is 2. The van der Waals surface area contributed by atoms with Crippen LogP contribution in [0.25, 0.3) is 0 Å². The lowest BCUT2D eigenvalue weighted by Gasteiger charge is -2.34. The largest absolute Gasteiger partial charge is 0.355 e. The molecule has 25 heavy (non-hydrogen) atoms. The molecule has 2 aliphatic heterocycles. The van der Waals surface area contributed by atoms with Crippen LogP contribution >= 0.6 is 0 Å². The van der Waals surface area contributed by atoms with E-state index in [0.717, 1.165) is 43.6 Å². The fourth-order valence-electron chi connectivity index (χ4n) is 3.84. The number of carbonyl (C=O) groups excluding carboxylic acids is 2. The number of hydrogen-bond acceptors (Lipinski definition) is 3. The molecular weight excluding hydrogens is 314 g/mol. The molecule has 2 fully saturated rings. The highest BCUT2D eigenvalue weighted by Crippen LogP contribution is 2.30. The second-order valence-corrected chi connectivity index (χ2v) is 7.67.